The highest BCUT2D eigenvalue weighted by molar-refractivity contribution is 6.21. The van der Waals surface area contributed by atoms with Gasteiger partial charge < -0.3 is 14.8 Å². The van der Waals surface area contributed by atoms with Crippen LogP contribution in [0.25, 0.3) is 11.6 Å². The van der Waals surface area contributed by atoms with Crippen molar-refractivity contribution in [1.29, 1.82) is 5.26 Å². The van der Waals surface area contributed by atoms with Crippen molar-refractivity contribution < 1.29 is 27.8 Å². The highest BCUT2D eigenvalue weighted by atomic mass is 19.3. The Labute approximate surface area is 184 Å². The molecule has 32 heavy (non-hydrogen) atoms. The summed E-state index contributed by atoms with van der Waals surface area (Å²) in [5.41, 5.74) is 0.414. The molecule has 0 aromatic heterocycles. The minimum atomic E-state index is -2.93. The van der Waals surface area contributed by atoms with E-state index in [0.29, 0.717) is 24.0 Å². The Hall–Kier alpha value is -3.73. The molecule has 6 nitrogen and oxygen atoms in total. The van der Waals surface area contributed by atoms with Crippen molar-refractivity contribution in [3.05, 3.63) is 65.7 Å². The summed E-state index contributed by atoms with van der Waals surface area (Å²) in [6, 6.07) is 16.6. The summed E-state index contributed by atoms with van der Waals surface area (Å²) in [4.78, 5) is 25.1. The zero-order chi connectivity index (χ0) is 23.0. The Morgan fingerprint density at radius 2 is 1.75 bits per heavy atom. The van der Waals surface area contributed by atoms with Gasteiger partial charge in [0.15, 0.2) is 6.61 Å². The molecule has 0 spiro atoms. The molecule has 0 heterocycles. The molecule has 2 aromatic carbocycles. The number of ether oxygens (including phenoxy) is 2. The van der Waals surface area contributed by atoms with Gasteiger partial charge >= 0.3 is 12.6 Å². The second kappa shape index (κ2) is 10.5. The van der Waals surface area contributed by atoms with Gasteiger partial charge in [0, 0.05) is 0 Å². The quantitative estimate of drug-likeness (QED) is 0.375. The Morgan fingerprint density at radius 3 is 2.34 bits per heavy atom. The summed E-state index contributed by atoms with van der Waals surface area (Å²) in [7, 11) is 0. The van der Waals surface area contributed by atoms with Gasteiger partial charge in [-0.05, 0) is 55.0 Å². The van der Waals surface area contributed by atoms with Gasteiger partial charge in [-0.15, -0.1) is 0 Å². The first-order valence-corrected chi connectivity index (χ1v) is 10.1. The highest BCUT2D eigenvalue weighted by Crippen LogP contribution is 2.29. The lowest BCUT2D eigenvalue weighted by Gasteiger charge is -2.21. The second-order valence-electron chi connectivity index (χ2n) is 7.40. The lowest BCUT2D eigenvalue weighted by molar-refractivity contribution is -0.143. The molecule has 8 heteroatoms. The molecule has 0 saturated heterocycles. The minimum Gasteiger partial charge on any atom is -0.452 e. The molecule has 0 radical (unpaired) electrons. The molecule has 0 unspecified atom stereocenters. The van der Waals surface area contributed by atoms with Crippen LogP contribution in [0.4, 0.5) is 8.78 Å². The molecule has 1 N–H and O–H groups in total. The molecule has 1 amide bonds. The smallest absolute Gasteiger partial charge is 0.387 e. The van der Waals surface area contributed by atoms with E-state index >= 15 is 0 Å². The Morgan fingerprint density at radius 1 is 1.09 bits per heavy atom. The van der Waals surface area contributed by atoms with Crippen LogP contribution in [0.3, 0.4) is 0 Å². The third-order valence-corrected chi connectivity index (χ3v) is 5.11. The molecule has 1 saturated carbocycles. The van der Waals surface area contributed by atoms with Crippen LogP contribution in [0.5, 0.6) is 5.75 Å². The average Bonchev–Trinajstić information content (AvgIpc) is 3.26. The van der Waals surface area contributed by atoms with Crippen molar-refractivity contribution in [1.82, 2.24) is 5.32 Å². The Bertz CT molecular complexity index is 1010. The molecule has 2 aromatic rings. The van der Waals surface area contributed by atoms with Crippen LogP contribution in [0.15, 0.2) is 54.6 Å². The summed E-state index contributed by atoms with van der Waals surface area (Å²) >= 11 is 0. The predicted molar refractivity (Wildman–Crippen MR) is 113 cm³/mol. The number of nitrogens with zero attached hydrogens (tertiary/aromatic N) is 1. The first-order chi connectivity index (χ1) is 15.4. The number of nitriles is 1. The first-order valence-electron chi connectivity index (χ1n) is 10.1. The van der Waals surface area contributed by atoms with E-state index in [1.807, 2.05) is 0 Å². The van der Waals surface area contributed by atoms with Crippen LogP contribution in [0.1, 0.15) is 36.8 Å². The van der Waals surface area contributed by atoms with Crippen LogP contribution >= 0.6 is 0 Å². The SMILES string of the molecule is N#CC1(NC(=O)COC(=O)/C(=C/c2ccc(OC(F)F)cc2)c2ccccc2)CCCC1. The van der Waals surface area contributed by atoms with Gasteiger partial charge in [0.05, 0.1) is 11.6 Å². The number of carbonyl (C=O) groups is 2. The van der Waals surface area contributed by atoms with E-state index in [1.165, 1.54) is 30.3 Å². The summed E-state index contributed by atoms with van der Waals surface area (Å²) in [5, 5.41) is 12.1. The third-order valence-electron chi connectivity index (χ3n) is 5.11. The number of carbonyl (C=O) groups excluding carboxylic acids is 2. The fourth-order valence-electron chi connectivity index (χ4n) is 3.55. The average molecular weight is 440 g/mol. The van der Waals surface area contributed by atoms with Crippen molar-refractivity contribution in [3.63, 3.8) is 0 Å². The van der Waals surface area contributed by atoms with Crippen LogP contribution < -0.4 is 10.1 Å². The summed E-state index contributed by atoms with van der Waals surface area (Å²) in [6.45, 7) is -3.45. The molecule has 0 aliphatic heterocycles. The number of esters is 1. The summed E-state index contributed by atoms with van der Waals surface area (Å²) in [5.74, 6) is -1.27. The first kappa shape index (κ1) is 22.9. The van der Waals surface area contributed by atoms with Crippen molar-refractivity contribution in [2.75, 3.05) is 6.61 Å². The molecule has 0 atom stereocenters. The molecule has 1 fully saturated rings. The highest BCUT2D eigenvalue weighted by Gasteiger charge is 2.35. The Kier molecular flexibility index (Phi) is 7.55. The van der Waals surface area contributed by atoms with E-state index in [9.17, 15) is 23.6 Å². The fraction of sp³-hybridized carbons (Fsp3) is 0.292. The van der Waals surface area contributed by atoms with Gasteiger partial charge in [0.1, 0.15) is 11.3 Å². The number of hydrogen-bond acceptors (Lipinski definition) is 5. The van der Waals surface area contributed by atoms with Gasteiger partial charge in [-0.3, -0.25) is 4.79 Å². The predicted octanol–water partition coefficient (Wildman–Crippen LogP) is 4.32. The van der Waals surface area contributed by atoms with E-state index in [0.717, 1.165) is 12.8 Å². The van der Waals surface area contributed by atoms with Crippen molar-refractivity contribution in [2.24, 2.45) is 0 Å². The van der Waals surface area contributed by atoms with Gasteiger partial charge in [0.25, 0.3) is 5.91 Å². The number of rotatable bonds is 8. The molecule has 1 aliphatic rings. The third kappa shape index (κ3) is 6.14. The maximum atomic E-state index is 12.8. The van der Waals surface area contributed by atoms with Crippen molar-refractivity contribution in [3.8, 4) is 11.8 Å². The lowest BCUT2D eigenvalue weighted by atomic mass is 10.00. The number of nitrogens with one attached hydrogen (secondary N) is 1. The van der Waals surface area contributed by atoms with Gasteiger partial charge in [0.2, 0.25) is 0 Å². The zero-order valence-corrected chi connectivity index (χ0v) is 17.2. The van der Waals surface area contributed by atoms with Crippen LogP contribution in [0, 0.1) is 11.3 Å². The largest absolute Gasteiger partial charge is 0.452 e. The number of benzene rings is 2. The summed E-state index contributed by atoms with van der Waals surface area (Å²) in [6.07, 6.45) is 4.40. The number of amides is 1. The topological polar surface area (TPSA) is 88.4 Å². The second-order valence-corrected chi connectivity index (χ2v) is 7.40. The molecule has 0 bridgehead atoms. The molecule has 1 aliphatic carbocycles. The van der Waals surface area contributed by atoms with E-state index in [4.69, 9.17) is 4.74 Å². The number of halogens is 2. The van der Waals surface area contributed by atoms with E-state index in [2.05, 4.69) is 16.1 Å². The minimum absolute atomic E-state index is 0.00371. The van der Waals surface area contributed by atoms with Gasteiger partial charge in [-0.1, -0.05) is 42.5 Å². The summed E-state index contributed by atoms with van der Waals surface area (Å²) < 4.78 is 34.2. The molecule has 166 valence electrons. The normalized spacial score (nSPS) is 15.1. The number of hydrogen-bond donors (Lipinski definition) is 1. The maximum absolute atomic E-state index is 12.8. The zero-order valence-electron chi connectivity index (χ0n) is 17.2. The van der Waals surface area contributed by atoms with E-state index in [-0.39, 0.29) is 11.3 Å². The van der Waals surface area contributed by atoms with Crippen LogP contribution in [-0.4, -0.2) is 30.6 Å². The van der Waals surface area contributed by atoms with E-state index in [1.54, 1.807) is 30.3 Å². The maximum Gasteiger partial charge on any atom is 0.387 e. The van der Waals surface area contributed by atoms with E-state index < -0.39 is 30.6 Å². The monoisotopic (exact) mass is 440 g/mol. The molecular weight excluding hydrogens is 418 g/mol. The van der Waals surface area contributed by atoms with Gasteiger partial charge in [-0.2, -0.15) is 14.0 Å². The number of alkyl halides is 2. The molecule has 3 rings (SSSR count). The van der Waals surface area contributed by atoms with Gasteiger partial charge in [-0.25, -0.2) is 4.79 Å². The van der Waals surface area contributed by atoms with Crippen molar-refractivity contribution in [2.45, 2.75) is 37.8 Å². The van der Waals surface area contributed by atoms with Crippen LogP contribution in [-0.2, 0) is 14.3 Å². The lowest BCUT2D eigenvalue weighted by Crippen LogP contribution is -2.46. The molecular formula is C24H22F2N2O4. The standard InChI is InChI=1S/C24H22F2N2O4/c25-23(26)32-19-10-8-17(9-11-19)14-20(18-6-2-1-3-7-18)22(30)31-15-21(29)28-24(16-27)12-4-5-13-24/h1-3,6-11,14,23H,4-5,12-13,15H2,(H,28,29)/b20-14+. The fourth-order valence-corrected chi connectivity index (χ4v) is 3.55. The van der Waals surface area contributed by atoms with Crippen LogP contribution in [0.2, 0.25) is 0 Å². The van der Waals surface area contributed by atoms with Crippen molar-refractivity contribution >= 4 is 23.5 Å². The Balaban J connectivity index is 1.73.